The molecule has 0 aliphatic heterocycles. The first-order chi connectivity index (χ1) is 15.6. The Labute approximate surface area is 193 Å². The summed E-state index contributed by atoms with van der Waals surface area (Å²) in [7, 11) is 0. The first-order valence-corrected chi connectivity index (χ1v) is 10.1. The van der Waals surface area contributed by atoms with Crippen molar-refractivity contribution < 1.29 is 0 Å². The van der Waals surface area contributed by atoms with Gasteiger partial charge in [0.05, 0.1) is 11.0 Å². The number of rotatable bonds is 0. The Morgan fingerprint density at radius 2 is 0.848 bits per heavy atom. The van der Waals surface area contributed by atoms with Crippen molar-refractivity contribution in [1.29, 1.82) is 0 Å². The predicted octanol–water partition coefficient (Wildman–Crippen LogP) is 5.38. The summed E-state index contributed by atoms with van der Waals surface area (Å²) in [4.78, 5) is 9.27. The zero-order valence-corrected chi connectivity index (χ0v) is 17.1. The molecule has 33 heavy (non-hydrogen) atoms. The summed E-state index contributed by atoms with van der Waals surface area (Å²) in [6.45, 7) is 0. The van der Waals surface area contributed by atoms with Gasteiger partial charge in [-0.1, -0.05) is 43.2 Å². The van der Waals surface area contributed by atoms with E-state index >= 15 is 0 Å². The molecule has 4 heteroatoms. The highest BCUT2D eigenvalue weighted by Crippen LogP contribution is 2.23. The zero-order valence-electron chi connectivity index (χ0n) is 17.1. The average Bonchev–Trinajstić information content (AvgIpc) is 2.83. The van der Waals surface area contributed by atoms with Crippen LogP contribution in [-0.4, -0.2) is 9.97 Å². The minimum Gasteiger partial charge on any atom is -0.399 e. The molecule has 0 aliphatic rings. The lowest BCUT2D eigenvalue weighted by molar-refractivity contribution is 1.36. The molecule has 0 spiro atoms. The lowest BCUT2D eigenvalue weighted by Crippen LogP contribution is -1.89. The van der Waals surface area contributed by atoms with Gasteiger partial charge in [0, 0.05) is 56.8 Å². The van der Waals surface area contributed by atoms with Crippen molar-refractivity contribution in [2.75, 3.05) is 11.5 Å². The fourth-order valence-electron chi connectivity index (χ4n) is 3.35. The van der Waals surface area contributed by atoms with E-state index in [2.05, 4.69) is 33.6 Å². The van der Waals surface area contributed by atoms with Crippen LogP contribution in [0.3, 0.4) is 0 Å². The number of nitrogen functional groups attached to an aromatic ring is 2. The third-order valence-corrected chi connectivity index (χ3v) is 5.02. The maximum absolute atomic E-state index is 5.72. The van der Waals surface area contributed by atoms with Crippen molar-refractivity contribution in [3.8, 4) is 23.7 Å². The molecule has 0 aliphatic carbocycles. The molecule has 158 valence electrons. The summed E-state index contributed by atoms with van der Waals surface area (Å²) in [5.41, 5.74) is 18.1. The fraction of sp³-hybridized carbons (Fsp3) is 0.0345. The van der Waals surface area contributed by atoms with Crippen LogP contribution in [0, 0.1) is 23.7 Å². The zero-order chi connectivity index (χ0) is 21.9. The van der Waals surface area contributed by atoms with E-state index in [1.807, 2.05) is 72.8 Å². The van der Waals surface area contributed by atoms with Gasteiger partial charge in [0.1, 0.15) is 0 Å². The van der Waals surface area contributed by atoms with Crippen molar-refractivity contribution in [2.24, 2.45) is 0 Å². The number of nitrogens with two attached hydrogens (primary N) is 2. The summed E-state index contributed by atoms with van der Waals surface area (Å²) >= 11 is 0. The Kier molecular flexibility index (Phi) is 5.94. The Balaban J connectivity index is 0.00000259. The second-order valence-electron chi connectivity index (χ2n) is 7.40. The SMILES string of the molecule is C.Nc1ccc(C#Cc2cnc3c(ccc4cc(C#Cc5ccc(N)cc5)cnc43)c2)cc1. The van der Waals surface area contributed by atoms with Crippen LogP contribution in [0.15, 0.2) is 85.2 Å². The van der Waals surface area contributed by atoms with Crippen LogP contribution in [0.1, 0.15) is 29.7 Å². The van der Waals surface area contributed by atoms with Gasteiger partial charge in [0.15, 0.2) is 0 Å². The lowest BCUT2D eigenvalue weighted by Gasteiger charge is -2.03. The molecule has 0 fully saturated rings. The van der Waals surface area contributed by atoms with Crippen LogP contribution in [0.2, 0.25) is 0 Å². The first-order valence-electron chi connectivity index (χ1n) is 10.1. The molecule has 0 radical (unpaired) electrons. The molecular weight excluding hydrogens is 404 g/mol. The average molecular weight is 427 g/mol. The quantitative estimate of drug-likeness (QED) is 0.198. The number of benzene rings is 3. The highest BCUT2D eigenvalue weighted by Gasteiger charge is 2.05. The van der Waals surface area contributed by atoms with Crippen LogP contribution in [0.25, 0.3) is 21.8 Å². The molecule has 4 N–H and O–H groups in total. The topological polar surface area (TPSA) is 77.8 Å². The molecule has 0 unspecified atom stereocenters. The van der Waals surface area contributed by atoms with Gasteiger partial charge in [-0.15, -0.1) is 0 Å². The van der Waals surface area contributed by atoms with Crippen molar-refractivity contribution in [1.82, 2.24) is 9.97 Å². The summed E-state index contributed by atoms with van der Waals surface area (Å²) < 4.78 is 0. The minimum absolute atomic E-state index is 0. The molecule has 0 saturated heterocycles. The number of anilines is 2. The van der Waals surface area contributed by atoms with Crippen LogP contribution < -0.4 is 11.5 Å². The first kappa shape index (κ1) is 21.4. The van der Waals surface area contributed by atoms with Gasteiger partial charge < -0.3 is 11.5 Å². The molecule has 3 aromatic carbocycles. The van der Waals surface area contributed by atoms with Gasteiger partial charge in [-0.3, -0.25) is 9.97 Å². The largest absolute Gasteiger partial charge is 0.399 e. The summed E-state index contributed by atoms with van der Waals surface area (Å²) in [5, 5.41) is 1.99. The van der Waals surface area contributed by atoms with Crippen molar-refractivity contribution in [2.45, 2.75) is 7.43 Å². The number of fused-ring (bicyclic) bond motifs is 3. The normalized spacial score (nSPS) is 9.94. The maximum Gasteiger partial charge on any atom is 0.0965 e. The number of nitrogens with zero attached hydrogens (tertiary/aromatic N) is 2. The maximum atomic E-state index is 5.72. The molecule has 0 atom stereocenters. The van der Waals surface area contributed by atoms with Crippen LogP contribution >= 0.6 is 0 Å². The number of pyridine rings is 2. The molecule has 0 saturated carbocycles. The van der Waals surface area contributed by atoms with Crippen molar-refractivity contribution in [3.63, 3.8) is 0 Å². The monoisotopic (exact) mass is 426 g/mol. The summed E-state index contributed by atoms with van der Waals surface area (Å²) in [5.74, 6) is 12.6. The van der Waals surface area contributed by atoms with Crippen molar-refractivity contribution in [3.05, 3.63) is 107 Å². The second kappa shape index (κ2) is 9.14. The molecular formula is C29H22N4. The smallest absolute Gasteiger partial charge is 0.0965 e. The van der Waals surface area contributed by atoms with Gasteiger partial charge in [0.25, 0.3) is 0 Å². The van der Waals surface area contributed by atoms with Crippen LogP contribution in [0.5, 0.6) is 0 Å². The number of hydrogen-bond donors (Lipinski definition) is 2. The Hall–Kier alpha value is -4.80. The third kappa shape index (κ3) is 4.77. The van der Waals surface area contributed by atoms with Gasteiger partial charge in [-0.2, -0.15) is 0 Å². The number of aromatic nitrogens is 2. The fourth-order valence-corrected chi connectivity index (χ4v) is 3.35. The molecule has 4 nitrogen and oxygen atoms in total. The molecule has 2 heterocycles. The lowest BCUT2D eigenvalue weighted by atomic mass is 10.1. The van der Waals surface area contributed by atoms with E-state index in [9.17, 15) is 0 Å². The Morgan fingerprint density at radius 1 is 0.485 bits per heavy atom. The molecule has 0 bridgehead atoms. The van der Waals surface area contributed by atoms with E-state index in [0.29, 0.717) is 0 Å². The molecule has 2 aromatic heterocycles. The molecule has 5 aromatic rings. The highest BCUT2D eigenvalue weighted by atomic mass is 14.7. The predicted molar refractivity (Wildman–Crippen MR) is 137 cm³/mol. The highest BCUT2D eigenvalue weighted by molar-refractivity contribution is 6.03. The number of hydrogen-bond acceptors (Lipinski definition) is 4. The van der Waals surface area contributed by atoms with E-state index in [0.717, 1.165) is 55.4 Å². The molecule has 5 rings (SSSR count). The summed E-state index contributed by atoms with van der Waals surface area (Å²) in [6.07, 6.45) is 3.56. The van der Waals surface area contributed by atoms with E-state index < -0.39 is 0 Å². The standard InChI is InChI=1S/C28H18N4.CH4/c29-25-11-5-19(6-12-25)1-3-21-15-23-9-10-24-16-22(18-32-28(24)27(23)31-17-21)4-2-20-7-13-26(30)14-8-20;/h5-18H,29-30H2;1H4. The van der Waals surface area contributed by atoms with Crippen LogP contribution in [-0.2, 0) is 0 Å². The van der Waals surface area contributed by atoms with Gasteiger partial charge >= 0.3 is 0 Å². The van der Waals surface area contributed by atoms with Gasteiger partial charge in [-0.25, -0.2) is 0 Å². The van der Waals surface area contributed by atoms with E-state index in [1.165, 1.54) is 0 Å². The van der Waals surface area contributed by atoms with Gasteiger partial charge in [0.2, 0.25) is 0 Å². The molecule has 0 amide bonds. The Bertz CT molecular complexity index is 1450. The van der Waals surface area contributed by atoms with Crippen LogP contribution in [0.4, 0.5) is 11.4 Å². The van der Waals surface area contributed by atoms with E-state index in [4.69, 9.17) is 11.5 Å². The van der Waals surface area contributed by atoms with Gasteiger partial charge in [-0.05, 0) is 60.7 Å². The Morgan fingerprint density at radius 3 is 1.24 bits per heavy atom. The third-order valence-electron chi connectivity index (χ3n) is 5.02. The summed E-state index contributed by atoms with van der Waals surface area (Å²) in [6, 6.07) is 23.1. The van der Waals surface area contributed by atoms with Crippen molar-refractivity contribution >= 4 is 33.2 Å². The second-order valence-corrected chi connectivity index (χ2v) is 7.40. The van der Waals surface area contributed by atoms with E-state index in [-0.39, 0.29) is 7.43 Å². The minimum atomic E-state index is 0. The van der Waals surface area contributed by atoms with E-state index in [1.54, 1.807) is 12.4 Å².